The quantitative estimate of drug-likeness (QED) is 0.649. The summed E-state index contributed by atoms with van der Waals surface area (Å²) in [4.78, 5) is 0. The molecule has 0 amide bonds. The Hall–Kier alpha value is -1.63. The molecule has 2 aromatic rings. The maximum Gasteiger partial charge on any atom is 0.134 e. The smallest absolute Gasteiger partial charge is 0.134 e. The van der Waals surface area contributed by atoms with Crippen molar-refractivity contribution in [2.45, 2.75) is 13.8 Å². The fourth-order valence-electron chi connectivity index (χ4n) is 1.74. The van der Waals surface area contributed by atoms with E-state index in [9.17, 15) is 4.39 Å². The van der Waals surface area contributed by atoms with Gasteiger partial charge in [-0.25, -0.2) is 4.39 Å². The third kappa shape index (κ3) is 1.78. The molecule has 0 atom stereocenters. The maximum absolute atomic E-state index is 13.9. The molecule has 0 spiro atoms. The predicted molar refractivity (Wildman–Crippen MR) is 61.3 cm³/mol. The summed E-state index contributed by atoms with van der Waals surface area (Å²) in [5.74, 6) is -0.110. The molecule has 0 saturated heterocycles. The van der Waals surface area contributed by atoms with Gasteiger partial charge >= 0.3 is 0 Å². The van der Waals surface area contributed by atoms with Crippen molar-refractivity contribution in [3.63, 3.8) is 0 Å². The van der Waals surface area contributed by atoms with Crippen LogP contribution >= 0.6 is 0 Å². The Morgan fingerprint density at radius 2 is 1.40 bits per heavy atom. The lowest BCUT2D eigenvalue weighted by molar-refractivity contribution is 0.621. The monoisotopic (exact) mass is 200 g/mol. The highest BCUT2D eigenvalue weighted by atomic mass is 19.1. The lowest BCUT2D eigenvalue weighted by Crippen LogP contribution is -1.91. The van der Waals surface area contributed by atoms with Crippen molar-refractivity contribution in [3.8, 4) is 11.1 Å². The summed E-state index contributed by atoms with van der Waals surface area (Å²) in [6, 6.07) is 13.4. The zero-order valence-corrected chi connectivity index (χ0v) is 8.92. The van der Waals surface area contributed by atoms with Crippen LogP contribution in [0.3, 0.4) is 0 Å². The largest absolute Gasteiger partial charge is 0.206 e. The van der Waals surface area contributed by atoms with E-state index in [-0.39, 0.29) is 5.82 Å². The van der Waals surface area contributed by atoms with Crippen molar-refractivity contribution in [2.24, 2.45) is 0 Å². The van der Waals surface area contributed by atoms with Crippen LogP contribution in [0.15, 0.2) is 42.5 Å². The molecule has 0 N–H and O–H groups in total. The van der Waals surface area contributed by atoms with Crippen LogP contribution in [0, 0.1) is 19.7 Å². The molecule has 0 aliphatic heterocycles. The van der Waals surface area contributed by atoms with E-state index in [1.807, 2.05) is 49.4 Å². The number of halogens is 1. The van der Waals surface area contributed by atoms with Gasteiger partial charge in [-0.05, 0) is 30.5 Å². The van der Waals surface area contributed by atoms with Gasteiger partial charge in [-0.1, -0.05) is 42.5 Å². The summed E-state index contributed by atoms with van der Waals surface area (Å²) in [6.07, 6.45) is 0. The van der Waals surface area contributed by atoms with Crippen LogP contribution in [0.5, 0.6) is 0 Å². The average molecular weight is 200 g/mol. The van der Waals surface area contributed by atoms with Crippen LogP contribution in [0.2, 0.25) is 0 Å². The van der Waals surface area contributed by atoms with Gasteiger partial charge in [0.2, 0.25) is 0 Å². The summed E-state index contributed by atoms with van der Waals surface area (Å²) in [7, 11) is 0. The zero-order valence-electron chi connectivity index (χ0n) is 8.92. The van der Waals surface area contributed by atoms with Gasteiger partial charge in [-0.2, -0.15) is 0 Å². The van der Waals surface area contributed by atoms with Crippen LogP contribution in [0.25, 0.3) is 11.1 Å². The van der Waals surface area contributed by atoms with Gasteiger partial charge in [-0.3, -0.25) is 0 Å². The molecule has 76 valence electrons. The molecule has 0 bridgehead atoms. The van der Waals surface area contributed by atoms with Crippen LogP contribution in [-0.4, -0.2) is 0 Å². The van der Waals surface area contributed by atoms with Crippen LogP contribution in [0.4, 0.5) is 4.39 Å². The minimum atomic E-state index is -0.110. The average Bonchev–Trinajstić information content (AvgIpc) is 2.26. The summed E-state index contributed by atoms with van der Waals surface area (Å²) in [5, 5.41) is 0. The topological polar surface area (TPSA) is 0 Å². The Morgan fingerprint density at radius 1 is 0.800 bits per heavy atom. The molecule has 0 aliphatic rings. The van der Waals surface area contributed by atoms with Crippen molar-refractivity contribution >= 4 is 0 Å². The molecule has 0 nitrogen and oxygen atoms in total. The first-order valence-corrected chi connectivity index (χ1v) is 5.01. The van der Waals surface area contributed by atoms with Crippen molar-refractivity contribution in [1.29, 1.82) is 0 Å². The number of hydrogen-bond donors (Lipinski definition) is 0. The van der Waals surface area contributed by atoms with Gasteiger partial charge < -0.3 is 0 Å². The molecule has 2 rings (SSSR count). The number of hydrogen-bond acceptors (Lipinski definition) is 0. The molecule has 0 unspecified atom stereocenters. The lowest BCUT2D eigenvalue weighted by atomic mass is 9.98. The Morgan fingerprint density at radius 3 is 2.07 bits per heavy atom. The van der Waals surface area contributed by atoms with Gasteiger partial charge in [0.1, 0.15) is 5.82 Å². The molecule has 2 aromatic carbocycles. The SMILES string of the molecule is Cc1ccc(C)c(-c2ccccc2)c1F. The molecule has 0 aromatic heterocycles. The van der Waals surface area contributed by atoms with E-state index in [1.165, 1.54) is 0 Å². The molecular formula is C14H13F. The predicted octanol–water partition coefficient (Wildman–Crippen LogP) is 4.11. The second-order valence-electron chi connectivity index (χ2n) is 3.75. The first kappa shape index (κ1) is 9.91. The van der Waals surface area contributed by atoms with E-state index in [0.29, 0.717) is 5.56 Å². The highest BCUT2D eigenvalue weighted by Crippen LogP contribution is 2.27. The third-order valence-electron chi connectivity index (χ3n) is 2.61. The van der Waals surface area contributed by atoms with E-state index in [2.05, 4.69) is 0 Å². The molecule has 15 heavy (non-hydrogen) atoms. The number of benzene rings is 2. The van der Waals surface area contributed by atoms with E-state index >= 15 is 0 Å². The second-order valence-corrected chi connectivity index (χ2v) is 3.75. The fraction of sp³-hybridized carbons (Fsp3) is 0.143. The van der Waals surface area contributed by atoms with E-state index in [1.54, 1.807) is 6.92 Å². The Balaban J connectivity index is 2.68. The van der Waals surface area contributed by atoms with Crippen LogP contribution < -0.4 is 0 Å². The second kappa shape index (κ2) is 3.85. The van der Waals surface area contributed by atoms with E-state index in [4.69, 9.17) is 0 Å². The van der Waals surface area contributed by atoms with Crippen LogP contribution in [-0.2, 0) is 0 Å². The van der Waals surface area contributed by atoms with Gasteiger partial charge in [0.05, 0.1) is 0 Å². The molecule has 0 heterocycles. The molecule has 0 aliphatic carbocycles. The van der Waals surface area contributed by atoms with Crippen molar-refractivity contribution in [1.82, 2.24) is 0 Å². The highest BCUT2D eigenvalue weighted by molar-refractivity contribution is 5.68. The van der Waals surface area contributed by atoms with Gasteiger partial charge in [0.15, 0.2) is 0 Å². The van der Waals surface area contributed by atoms with Crippen molar-refractivity contribution in [2.75, 3.05) is 0 Å². The van der Waals surface area contributed by atoms with Crippen molar-refractivity contribution < 1.29 is 4.39 Å². The fourth-order valence-corrected chi connectivity index (χ4v) is 1.74. The summed E-state index contributed by atoms with van der Waals surface area (Å²) < 4.78 is 13.9. The molecule has 0 radical (unpaired) electrons. The maximum atomic E-state index is 13.9. The summed E-state index contributed by atoms with van der Waals surface area (Å²) in [5.41, 5.74) is 3.33. The normalized spacial score (nSPS) is 10.3. The first-order chi connectivity index (χ1) is 7.20. The molecule has 0 saturated carbocycles. The molecular weight excluding hydrogens is 187 g/mol. The number of aryl methyl sites for hydroxylation is 2. The van der Waals surface area contributed by atoms with Crippen LogP contribution in [0.1, 0.15) is 11.1 Å². The zero-order chi connectivity index (χ0) is 10.8. The van der Waals surface area contributed by atoms with Gasteiger partial charge in [0, 0.05) is 5.56 Å². The summed E-state index contributed by atoms with van der Waals surface area (Å²) in [6.45, 7) is 3.73. The standard InChI is InChI=1S/C14H13F/c1-10-8-9-11(2)14(15)13(10)12-6-4-3-5-7-12/h3-9H,1-2H3. The van der Waals surface area contributed by atoms with Gasteiger partial charge in [-0.15, -0.1) is 0 Å². The molecule has 0 fully saturated rings. The Bertz CT molecular complexity index is 472. The van der Waals surface area contributed by atoms with E-state index < -0.39 is 0 Å². The van der Waals surface area contributed by atoms with Gasteiger partial charge in [0.25, 0.3) is 0 Å². The number of rotatable bonds is 1. The Labute approximate surface area is 89.4 Å². The minimum Gasteiger partial charge on any atom is -0.206 e. The molecule has 1 heteroatoms. The van der Waals surface area contributed by atoms with E-state index in [0.717, 1.165) is 16.7 Å². The highest BCUT2D eigenvalue weighted by Gasteiger charge is 2.09. The lowest BCUT2D eigenvalue weighted by Gasteiger charge is -2.09. The first-order valence-electron chi connectivity index (χ1n) is 5.01. The Kier molecular flexibility index (Phi) is 2.55. The summed E-state index contributed by atoms with van der Waals surface area (Å²) >= 11 is 0. The third-order valence-corrected chi connectivity index (χ3v) is 2.61. The van der Waals surface area contributed by atoms with Crippen molar-refractivity contribution in [3.05, 3.63) is 59.4 Å². The minimum absolute atomic E-state index is 0.110.